The zero-order valence-corrected chi connectivity index (χ0v) is 17.3. The van der Waals surface area contributed by atoms with Crippen LogP contribution in [0.1, 0.15) is 44.2 Å². The molecule has 1 heterocycles. The number of carbonyl (C=O) groups is 1. The number of benzene rings is 2. The molecule has 1 amide bonds. The summed E-state index contributed by atoms with van der Waals surface area (Å²) in [6.07, 6.45) is 4.23. The van der Waals surface area contributed by atoms with Crippen molar-refractivity contribution < 1.29 is 4.79 Å². The molecule has 3 aromatic rings. The van der Waals surface area contributed by atoms with Gasteiger partial charge in [0.2, 0.25) is 5.91 Å². The Labute approximate surface area is 174 Å². The van der Waals surface area contributed by atoms with Gasteiger partial charge in [-0.15, -0.1) is 0 Å². The van der Waals surface area contributed by atoms with Crippen molar-refractivity contribution in [3.05, 3.63) is 70.5 Å². The first kappa shape index (κ1) is 19.7. The number of amides is 1. The SMILES string of the molecule is C[C@H](Sc1nc2ccccc2c(=O)n1C1CCCC1)C(=O)NCc1ccccc1. The fourth-order valence-corrected chi connectivity index (χ4v) is 4.84. The van der Waals surface area contributed by atoms with E-state index in [2.05, 4.69) is 5.32 Å². The highest BCUT2D eigenvalue weighted by Gasteiger charge is 2.25. The highest BCUT2D eigenvalue weighted by Crippen LogP contribution is 2.33. The maximum Gasteiger partial charge on any atom is 0.262 e. The van der Waals surface area contributed by atoms with E-state index in [0.29, 0.717) is 22.6 Å². The minimum atomic E-state index is -0.348. The molecule has 0 radical (unpaired) electrons. The standard InChI is InChI=1S/C23H25N3O2S/c1-16(21(27)24-15-17-9-3-2-4-10-17)29-23-25-20-14-8-7-13-19(20)22(28)26(23)18-11-5-6-12-18/h2-4,7-10,13-14,16,18H,5-6,11-12,15H2,1H3,(H,24,27)/t16-/m0/s1. The molecule has 1 atom stereocenters. The third-order valence-corrected chi connectivity index (χ3v) is 6.49. The Kier molecular flexibility index (Phi) is 6.00. The summed E-state index contributed by atoms with van der Waals surface area (Å²) in [7, 11) is 0. The molecule has 2 aromatic carbocycles. The molecule has 29 heavy (non-hydrogen) atoms. The molecule has 0 aliphatic heterocycles. The fourth-order valence-electron chi connectivity index (χ4n) is 3.83. The number of carbonyl (C=O) groups excluding carboxylic acids is 1. The molecule has 5 nitrogen and oxygen atoms in total. The van der Waals surface area contributed by atoms with Crippen molar-refractivity contribution in [1.82, 2.24) is 14.9 Å². The molecule has 1 aliphatic rings. The van der Waals surface area contributed by atoms with E-state index in [9.17, 15) is 9.59 Å². The summed E-state index contributed by atoms with van der Waals surface area (Å²) < 4.78 is 1.83. The van der Waals surface area contributed by atoms with Crippen LogP contribution >= 0.6 is 11.8 Å². The van der Waals surface area contributed by atoms with E-state index in [1.54, 1.807) is 0 Å². The van der Waals surface area contributed by atoms with Crippen molar-refractivity contribution in [2.24, 2.45) is 0 Å². The number of fused-ring (bicyclic) bond motifs is 1. The van der Waals surface area contributed by atoms with Gasteiger partial charge in [-0.05, 0) is 37.5 Å². The summed E-state index contributed by atoms with van der Waals surface area (Å²) in [6, 6.07) is 17.5. The lowest BCUT2D eigenvalue weighted by molar-refractivity contribution is -0.120. The van der Waals surface area contributed by atoms with Crippen LogP contribution in [-0.4, -0.2) is 20.7 Å². The van der Waals surface area contributed by atoms with Gasteiger partial charge >= 0.3 is 0 Å². The average Bonchev–Trinajstić information content (AvgIpc) is 3.27. The number of nitrogens with zero attached hydrogens (tertiary/aromatic N) is 2. The highest BCUT2D eigenvalue weighted by atomic mass is 32.2. The van der Waals surface area contributed by atoms with Crippen LogP contribution in [0.3, 0.4) is 0 Å². The minimum Gasteiger partial charge on any atom is -0.351 e. The van der Waals surface area contributed by atoms with Crippen LogP contribution in [0, 0.1) is 0 Å². The second-order valence-electron chi connectivity index (χ2n) is 7.49. The molecule has 1 fully saturated rings. The number of rotatable bonds is 6. The highest BCUT2D eigenvalue weighted by molar-refractivity contribution is 8.00. The minimum absolute atomic E-state index is 0.00175. The Morgan fingerprint density at radius 1 is 1.14 bits per heavy atom. The van der Waals surface area contributed by atoms with E-state index in [1.165, 1.54) is 11.8 Å². The largest absolute Gasteiger partial charge is 0.351 e. The van der Waals surface area contributed by atoms with Crippen molar-refractivity contribution in [1.29, 1.82) is 0 Å². The number of nitrogens with one attached hydrogen (secondary N) is 1. The van der Waals surface area contributed by atoms with Crippen molar-refractivity contribution in [2.75, 3.05) is 0 Å². The fraction of sp³-hybridized carbons (Fsp3) is 0.348. The van der Waals surface area contributed by atoms with Crippen LogP contribution in [0.25, 0.3) is 10.9 Å². The van der Waals surface area contributed by atoms with Crippen molar-refractivity contribution in [3.8, 4) is 0 Å². The van der Waals surface area contributed by atoms with Crippen LogP contribution in [0.15, 0.2) is 64.5 Å². The number of thioether (sulfide) groups is 1. The van der Waals surface area contributed by atoms with Gasteiger partial charge in [0.25, 0.3) is 5.56 Å². The zero-order chi connectivity index (χ0) is 20.2. The van der Waals surface area contributed by atoms with Gasteiger partial charge in [0, 0.05) is 12.6 Å². The quantitative estimate of drug-likeness (QED) is 0.489. The lowest BCUT2D eigenvalue weighted by atomic mass is 10.2. The monoisotopic (exact) mass is 407 g/mol. The molecular formula is C23H25N3O2S. The lowest BCUT2D eigenvalue weighted by Crippen LogP contribution is -2.32. The summed E-state index contributed by atoms with van der Waals surface area (Å²) in [5.41, 5.74) is 1.75. The lowest BCUT2D eigenvalue weighted by Gasteiger charge is -2.20. The molecule has 1 aromatic heterocycles. The molecule has 0 unspecified atom stereocenters. The van der Waals surface area contributed by atoms with E-state index in [4.69, 9.17) is 4.98 Å². The Bertz CT molecular complexity index is 1060. The van der Waals surface area contributed by atoms with Crippen LogP contribution < -0.4 is 10.9 Å². The predicted molar refractivity (Wildman–Crippen MR) is 117 cm³/mol. The Balaban J connectivity index is 1.58. The molecule has 0 bridgehead atoms. The van der Waals surface area contributed by atoms with Gasteiger partial charge in [0.15, 0.2) is 5.16 Å². The van der Waals surface area contributed by atoms with Gasteiger partial charge < -0.3 is 5.32 Å². The van der Waals surface area contributed by atoms with E-state index >= 15 is 0 Å². The Morgan fingerprint density at radius 2 is 1.83 bits per heavy atom. The van der Waals surface area contributed by atoms with Gasteiger partial charge in [0.05, 0.1) is 16.2 Å². The molecule has 1 N–H and O–H groups in total. The molecule has 0 saturated heterocycles. The topological polar surface area (TPSA) is 64.0 Å². The molecular weight excluding hydrogens is 382 g/mol. The second-order valence-corrected chi connectivity index (χ2v) is 8.80. The summed E-state index contributed by atoms with van der Waals surface area (Å²) >= 11 is 1.37. The van der Waals surface area contributed by atoms with Gasteiger partial charge in [-0.2, -0.15) is 0 Å². The van der Waals surface area contributed by atoms with Crippen molar-refractivity contribution in [2.45, 2.75) is 55.6 Å². The van der Waals surface area contributed by atoms with E-state index in [-0.39, 0.29) is 22.8 Å². The first-order valence-electron chi connectivity index (χ1n) is 10.1. The summed E-state index contributed by atoms with van der Waals surface area (Å²) in [5, 5.41) is 3.92. The number of para-hydroxylation sites is 1. The number of aromatic nitrogens is 2. The third-order valence-electron chi connectivity index (χ3n) is 5.43. The summed E-state index contributed by atoms with van der Waals surface area (Å²) in [4.78, 5) is 30.6. The zero-order valence-electron chi connectivity index (χ0n) is 16.5. The molecule has 1 saturated carbocycles. The van der Waals surface area contributed by atoms with E-state index in [1.807, 2.05) is 66.1 Å². The first-order chi connectivity index (χ1) is 14.1. The Morgan fingerprint density at radius 3 is 2.59 bits per heavy atom. The van der Waals surface area contributed by atoms with Crippen LogP contribution in [0.2, 0.25) is 0 Å². The smallest absolute Gasteiger partial charge is 0.262 e. The van der Waals surface area contributed by atoms with Gasteiger partial charge in [-0.1, -0.05) is 67.1 Å². The third kappa shape index (κ3) is 4.37. The summed E-state index contributed by atoms with van der Waals surface area (Å²) in [6.45, 7) is 2.36. The first-order valence-corrected chi connectivity index (χ1v) is 11.0. The van der Waals surface area contributed by atoms with Gasteiger partial charge in [0.1, 0.15) is 0 Å². The summed E-state index contributed by atoms with van der Waals surface area (Å²) in [5.74, 6) is -0.0563. The van der Waals surface area contributed by atoms with Crippen LogP contribution in [0.5, 0.6) is 0 Å². The maximum absolute atomic E-state index is 13.2. The number of hydrogen-bond acceptors (Lipinski definition) is 4. The maximum atomic E-state index is 13.2. The van der Waals surface area contributed by atoms with Gasteiger partial charge in [-0.25, -0.2) is 4.98 Å². The molecule has 6 heteroatoms. The van der Waals surface area contributed by atoms with E-state index < -0.39 is 0 Å². The van der Waals surface area contributed by atoms with Gasteiger partial charge in [-0.3, -0.25) is 14.2 Å². The van der Waals surface area contributed by atoms with Crippen molar-refractivity contribution >= 4 is 28.6 Å². The van der Waals surface area contributed by atoms with E-state index in [0.717, 1.165) is 31.2 Å². The second kappa shape index (κ2) is 8.82. The van der Waals surface area contributed by atoms with Crippen LogP contribution in [0.4, 0.5) is 0 Å². The molecule has 150 valence electrons. The predicted octanol–water partition coefficient (Wildman–Crippen LogP) is 4.31. The normalized spacial score (nSPS) is 15.5. The molecule has 4 rings (SSSR count). The Hall–Kier alpha value is -2.60. The van der Waals surface area contributed by atoms with Crippen LogP contribution in [-0.2, 0) is 11.3 Å². The molecule has 1 aliphatic carbocycles. The average molecular weight is 408 g/mol. The molecule has 0 spiro atoms. The van der Waals surface area contributed by atoms with Crippen molar-refractivity contribution in [3.63, 3.8) is 0 Å². The number of hydrogen-bond donors (Lipinski definition) is 1.